The van der Waals surface area contributed by atoms with Gasteiger partial charge in [0.25, 0.3) is 0 Å². The van der Waals surface area contributed by atoms with Crippen LogP contribution in [-0.4, -0.2) is 53.4 Å². The molecular weight excluding hydrogens is 472 g/mol. The maximum Gasteiger partial charge on any atom is 0.410 e. The summed E-state index contributed by atoms with van der Waals surface area (Å²) in [4.78, 5) is 14.2. The summed E-state index contributed by atoms with van der Waals surface area (Å²) < 4.78 is 18.4. The molecule has 1 amide bonds. The predicted octanol–water partition coefficient (Wildman–Crippen LogP) is 2.82. The van der Waals surface area contributed by atoms with E-state index in [9.17, 15) is 4.79 Å². The zero-order valence-electron chi connectivity index (χ0n) is 22.4. The number of allylic oxidation sites excluding steroid dienone is 2. The van der Waals surface area contributed by atoms with E-state index in [1.807, 2.05) is 68.2 Å². The lowest BCUT2D eigenvalue weighted by molar-refractivity contribution is -0.654. The molecule has 37 heavy (non-hydrogen) atoms. The third-order valence-corrected chi connectivity index (χ3v) is 6.70. The van der Waals surface area contributed by atoms with Crippen LogP contribution in [-0.2, 0) is 9.47 Å². The van der Waals surface area contributed by atoms with Gasteiger partial charge in [0.1, 0.15) is 11.4 Å². The Hall–Kier alpha value is -3.50. The molecule has 4 rings (SSSR count). The summed E-state index contributed by atoms with van der Waals surface area (Å²) in [6.07, 6.45) is 7.50. The van der Waals surface area contributed by atoms with Crippen LogP contribution in [0.3, 0.4) is 0 Å². The van der Waals surface area contributed by atoms with E-state index in [2.05, 4.69) is 17.4 Å². The Morgan fingerprint density at radius 1 is 1.27 bits per heavy atom. The minimum absolute atomic E-state index is 0.167. The number of nitrogens with zero attached hydrogens (tertiary/aromatic N) is 3. The minimum atomic E-state index is -0.484. The number of likely N-dealkylation sites (tertiary alicyclic amines) is 1. The zero-order valence-corrected chi connectivity index (χ0v) is 22.4. The Morgan fingerprint density at radius 2 is 2.00 bits per heavy atom. The number of aromatic nitrogens is 2. The Kier molecular flexibility index (Phi) is 8.09. The van der Waals surface area contributed by atoms with Crippen molar-refractivity contribution in [1.82, 2.24) is 20.1 Å². The van der Waals surface area contributed by atoms with E-state index in [4.69, 9.17) is 19.9 Å². The number of amides is 1. The number of carbonyl (C=O) groups is 1. The van der Waals surface area contributed by atoms with Crippen molar-refractivity contribution in [3.8, 4) is 5.75 Å². The zero-order chi connectivity index (χ0) is 26.6. The maximum atomic E-state index is 12.4. The third-order valence-electron chi connectivity index (χ3n) is 6.70. The number of ether oxygens (including phenoxy) is 3. The van der Waals surface area contributed by atoms with E-state index in [-0.39, 0.29) is 18.9 Å². The summed E-state index contributed by atoms with van der Waals surface area (Å²) in [6, 6.07) is 7.98. The van der Waals surface area contributed by atoms with Crippen molar-refractivity contribution in [1.29, 1.82) is 0 Å². The van der Waals surface area contributed by atoms with E-state index in [0.29, 0.717) is 24.8 Å². The molecule has 0 saturated carbocycles. The van der Waals surface area contributed by atoms with Gasteiger partial charge >= 0.3 is 6.09 Å². The standard InChI is InChI=1S/C27H38N6O4/c1-18(19-10-12-32(13-11-19)26(34)37-27(2,3)4)33-16-20(15-29-33)22-14-23(30-31-25(22)28)21-8-6-7-9-24(21)36-17-35-5/h6-9,14-16,18-19,30-31H,10-13,17,28H2,1-5H3/p+1. The van der Waals surface area contributed by atoms with Gasteiger partial charge in [-0.15, -0.1) is 0 Å². The molecule has 10 heteroatoms. The van der Waals surface area contributed by atoms with Crippen LogP contribution in [0.1, 0.15) is 57.7 Å². The summed E-state index contributed by atoms with van der Waals surface area (Å²) in [5.41, 5.74) is 14.6. The average Bonchev–Trinajstić information content (AvgIpc) is 3.37. The van der Waals surface area contributed by atoms with Crippen molar-refractivity contribution in [2.75, 3.05) is 27.0 Å². The number of benzene rings is 1. The molecule has 1 saturated heterocycles. The quantitative estimate of drug-likeness (QED) is 0.386. The first-order chi connectivity index (χ1) is 17.7. The van der Waals surface area contributed by atoms with E-state index in [1.54, 1.807) is 17.4 Å². The SMILES string of the molecule is COCOc1ccccc1C1=CC(c2cnn(C(C)C3CCN(C(=O)OC(C)(C)C)CC3)c2)=C(N)[NH2+]N1. The first kappa shape index (κ1) is 26.6. The Bertz CT molecular complexity index is 1160. The minimum Gasteiger partial charge on any atom is -0.467 e. The molecule has 200 valence electrons. The van der Waals surface area contributed by atoms with Gasteiger partial charge in [-0.3, -0.25) is 4.68 Å². The fourth-order valence-electron chi connectivity index (χ4n) is 4.65. The summed E-state index contributed by atoms with van der Waals surface area (Å²) in [5.74, 6) is 1.77. The molecule has 1 unspecified atom stereocenters. The van der Waals surface area contributed by atoms with Crippen LogP contribution in [0.2, 0.25) is 0 Å². The summed E-state index contributed by atoms with van der Waals surface area (Å²) in [6.45, 7) is 9.40. The van der Waals surface area contributed by atoms with Crippen molar-refractivity contribution in [3.05, 3.63) is 59.7 Å². The average molecular weight is 512 g/mol. The second-order valence-corrected chi connectivity index (χ2v) is 10.5. The number of carbonyl (C=O) groups excluding carboxylic acids is 1. The fourth-order valence-corrected chi connectivity index (χ4v) is 4.65. The topological polar surface area (TPSA) is 120 Å². The van der Waals surface area contributed by atoms with Gasteiger partial charge in [-0.05, 0) is 64.7 Å². The molecule has 1 fully saturated rings. The monoisotopic (exact) mass is 511 g/mol. The molecule has 5 N–H and O–H groups in total. The van der Waals surface area contributed by atoms with Crippen LogP contribution >= 0.6 is 0 Å². The Labute approximate surface area is 218 Å². The highest BCUT2D eigenvalue weighted by molar-refractivity contribution is 5.85. The number of nitrogens with one attached hydrogen (secondary N) is 1. The van der Waals surface area contributed by atoms with E-state index >= 15 is 0 Å². The first-order valence-corrected chi connectivity index (χ1v) is 12.7. The van der Waals surface area contributed by atoms with Gasteiger partial charge < -0.3 is 24.8 Å². The second kappa shape index (κ2) is 11.3. The van der Waals surface area contributed by atoms with Crippen LogP contribution in [0, 0.1) is 5.92 Å². The second-order valence-electron chi connectivity index (χ2n) is 10.5. The number of hydrogen-bond donors (Lipinski definition) is 3. The molecule has 2 aliphatic rings. The molecule has 3 heterocycles. The van der Waals surface area contributed by atoms with Crippen molar-refractivity contribution < 1.29 is 24.4 Å². The molecule has 1 atom stereocenters. The lowest BCUT2D eigenvalue weighted by atomic mass is 9.90. The number of nitrogens with two attached hydrogens (primary N) is 2. The fraction of sp³-hybridized carbons (Fsp3) is 0.481. The molecular formula is C27H39N6O4+. The van der Waals surface area contributed by atoms with E-state index in [1.165, 1.54) is 0 Å². The smallest absolute Gasteiger partial charge is 0.410 e. The van der Waals surface area contributed by atoms with Crippen LogP contribution in [0.4, 0.5) is 4.79 Å². The van der Waals surface area contributed by atoms with Crippen LogP contribution in [0.5, 0.6) is 5.75 Å². The molecule has 0 radical (unpaired) electrons. The Morgan fingerprint density at radius 3 is 2.70 bits per heavy atom. The molecule has 0 spiro atoms. The normalized spacial score (nSPS) is 17.8. The third kappa shape index (κ3) is 6.44. The first-order valence-electron chi connectivity index (χ1n) is 12.7. The highest BCUT2D eigenvalue weighted by Gasteiger charge is 2.30. The number of piperidine rings is 1. The number of hydrogen-bond acceptors (Lipinski definition) is 7. The van der Waals surface area contributed by atoms with Gasteiger partial charge in [-0.2, -0.15) is 10.5 Å². The molecule has 2 aliphatic heterocycles. The molecule has 0 bridgehead atoms. The largest absolute Gasteiger partial charge is 0.467 e. The van der Waals surface area contributed by atoms with Gasteiger partial charge in [-0.1, -0.05) is 12.1 Å². The molecule has 0 aliphatic carbocycles. The van der Waals surface area contributed by atoms with Crippen molar-refractivity contribution in [2.45, 2.75) is 52.2 Å². The molecule has 2 aromatic rings. The van der Waals surface area contributed by atoms with Crippen LogP contribution in [0.25, 0.3) is 11.3 Å². The lowest BCUT2D eigenvalue weighted by Gasteiger charge is -2.35. The summed E-state index contributed by atoms with van der Waals surface area (Å²) in [5, 5.41) is 4.68. The van der Waals surface area contributed by atoms with Crippen LogP contribution < -0.4 is 21.3 Å². The lowest BCUT2D eigenvalue weighted by Crippen LogP contribution is -2.93. The van der Waals surface area contributed by atoms with Gasteiger partial charge in [0, 0.05) is 37.5 Å². The van der Waals surface area contributed by atoms with Gasteiger partial charge in [0.15, 0.2) is 6.79 Å². The number of methoxy groups -OCH3 is 1. The van der Waals surface area contributed by atoms with E-state index in [0.717, 1.165) is 41.0 Å². The van der Waals surface area contributed by atoms with Crippen molar-refractivity contribution in [3.63, 3.8) is 0 Å². The highest BCUT2D eigenvalue weighted by atomic mass is 16.7. The van der Waals surface area contributed by atoms with E-state index < -0.39 is 5.60 Å². The van der Waals surface area contributed by atoms with Gasteiger partial charge in [0.2, 0.25) is 5.82 Å². The molecule has 1 aromatic carbocycles. The Balaban J connectivity index is 1.45. The van der Waals surface area contributed by atoms with Crippen LogP contribution in [0.15, 0.2) is 48.6 Å². The molecule has 10 nitrogen and oxygen atoms in total. The van der Waals surface area contributed by atoms with Gasteiger partial charge in [0.05, 0.1) is 23.5 Å². The summed E-state index contributed by atoms with van der Waals surface area (Å²) >= 11 is 0. The number of rotatable bonds is 7. The summed E-state index contributed by atoms with van der Waals surface area (Å²) in [7, 11) is 1.60. The van der Waals surface area contributed by atoms with Crippen molar-refractivity contribution in [2.24, 2.45) is 11.7 Å². The maximum absolute atomic E-state index is 12.4. The highest BCUT2D eigenvalue weighted by Crippen LogP contribution is 2.31. The number of para-hydroxylation sites is 1. The number of quaternary nitrogens is 1. The van der Waals surface area contributed by atoms with Gasteiger partial charge in [-0.25, -0.2) is 10.2 Å². The van der Waals surface area contributed by atoms with Crippen molar-refractivity contribution >= 4 is 17.4 Å². The predicted molar refractivity (Wildman–Crippen MR) is 141 cm³/mol. The molecule has 1 aromatic heterocycles.